The van der Waals surface area contributed by atoms with Crippen molar-refractivity contribution in [2.45, 2.75) is 32.0 Å². The fraction of sp³-hybridized carbons (Fsp3) is 0.400. The lowest BCUT2D eigenvalue weighted by atomic mass is 10.1. The Balaban J connectivity index is 1.71. The number of sulfonamides is 1. The molecule has 0 atom stereocenters. The average molecular weight is 601 g/mol. The largest absolute Gasteiger partial charge is 0.504 e. The summed E-state index contributed by atoms with van der Waals surface area (Å²) in [5, 5.41) is 13.8. The predicted octanol–water partition coefficient (Wildman–Crippen LogP) is 5.09. The van der Waals surface area contributed by atoms with Gasteiger partial charge in [0.1, 0.15) is 5.52 Å². The van der Waals surface area contributed by atoms with Crippen LogP contribution in [0.25, 0.3) is 10.9 Å². The Labute approximate surface area is 227 Å². The van der Waals surface area contributed by atoms with E-state index >= 15 is 0 Å². The summed E-state index contributed by atoms with van der Waals surface area (Å²) in [6, 6.07) is 6.05. The highest BCUT2D eigenvalue weighted by Crippen LogP contribution is 2.43. The van der Waals surface area contributed by atoms with Gasteiger partial charge in [-0.2, -0.15) is 13.2 Å². The van der Waals surface area contributed by atoms with E-state index in [9.17, 15) is 31.5 Å². The first kappa shape index (κ1) is 29.3. The van der Waals surface area contributed by atoms with Crippen molar-refractivity contribution in [1.29, 1.82) is 0 Å². The molecule has 0 bridgehead atoms. The van der Waals surface area contributed by atoms with Gasteiger partial charge in [-0.25, -0.2) is 13.4 Å². The summed E-state index contributed by atoms with van der Waals surface area (Å²) in [5.74, 6) is -1.38. The third-order valence-corrected chi connectivity index (χ3v) is 10.2. The van der Waals surface area contributed by atoms with Crippen LogP contribution in [0.1, 0.15) is 40.0 Å². The summed E-state index contributed by atoms with van der Waals surface area (Å²) in [6.45, 7) is 3.02. The molecule has 3 aromatic rings. The number of halogens is 3. The first-order chi connectivity index (χ1) is 18.2. The molecular formula is C25H29F3N4O4P2S. The summed E-state index contributed by atoms with van der Waals surface area (Å²) in [6.07, 6.45) is -0.237. The van der Waals surface area contributed by atoms with E-state index in [0.717, 1.165) is 28.2 Å². The maximum Gasteiger partial charge on any atom is 0.416 e. The summed E-state index contributed by atoms with van der Waals surface area (Å²) in [4.78, 5) is 21.8. The van der Waals surface area contributed by atoms with Crippen molar-refractivity contribution in [3.05, 3.63) is 58.9 Å². The third kappa shape index (κ3) is 6.91. The monoisotopic (exact) mass is 600 g/mol. The Kier molecular flexibility index (Phi) is 8.31. The number of hydrogen-bond acceptors (Lipinski definition) is 6. The molecule has 0 radical (unpaired) electrons. The Morgan fingerprint density at radius 3 is 2.49 bits per heavy atom. The maximum atomic E-state index is 13.1. The van der Waals surface area contributed by atoms with Crippen molar-refractivity contribution in [3.63, 3.8) is 0 Å². The molecule has 39 heavy (non-hydrogen) atoms. The van der Waals surface area contributed by atoms with Crippen LogP contribution in [0.15, 0.2) is 36.5 Å². The van der Waals surface area contributed by atoms with Crippen LogP contribution in [0.4, 0.5) is 19.0 Å². The normalized spacial score (nSPS) is 15.9. The number of rotatable bonds is 7. The fourth-order valence-electron chi connectivity index (χ4n) is 4.20. The van der Waals surface area contributed by atoms with Crippen LogP contribution >= 0.6 is 15.1 Å². The molecule has 1 amide bonds. The van der Waals surface area contributed by atoms with E-state index in [-0.39, 0.29) is 30.2 Å². The topological polar surface area (TPSA) is 112 Å². The van der Waals surface area contributed by atoms with E-state index < -0.39 is 45.7 Å². The van der Waals surface area contributed by atoms with Crippen molar-refractivity contribution >= 4 is 47.7 Å². The molecule has 0 unspecified atom stereocenters. The molecule has 0 aliphatic carbocycles. The molecule has 0 spiro atoms. The molecule has 210 valence electrons. The van der Waals surface area contributed by atoms with E-state index in [2.05, 4.69) is 37.1 Å². The maximum absolute atomic E-state index is 13.1. The number of benzene rings is 1. The quantitative estimate of drug-likeness (QED) is 0.366. The minimum Gasteiger partial charge on any atom is -0.504 e. The summed E-state index contributed by atoms with van der Waals surface area (Å²) < 4.78 is 65.6. The number of anilines is 1. The van der Waals surface area contributed by atoms with Gasteiger partial charge in [-0.15, -0.1) is 8.53 Å². The SMILES string of the molecule is CP(C)(=P)CCc1cnc2c(O)c(C(=O)NCc3ccc(C(F)(F)F)cc3)nc(N3CCCCS3(=O)=O)c2c1. The van der Waals surface area contributed by atoms with E-state index in [1.807, 2.05) is 0 Å². The molecule has 0 saturated carbocycles. The van der Waals surface area contributed by atoms with E-state index in [0.29, 0.717) is 30.2 Å². The molecule has 1 aromatic carbocycles. The van der Waals surface area contributed by atoms with E-state index in [1.165, 1.54) is 12.1 Å². The lowest BCUT2D eigenvalue weighted by molar-refractivity contribution is -0.137. The zero-order valence-electron chi connectivity index (χ0n) is 21.4. The number of aromatic hydroxyl groups is 1. The zero-order valence-corrected chi connectivity index (χ0v) is 24.1. The summed E-state index contributed by atoms with van der Waals surface area (Å²) in [7, 11) is 0.0626. The van der Waals surface area contributed by atoms with Crippen LogP contribution in [0.5, 0.6) is 5.75 Å². The molecule has 1 fully saturated rings. The third-order valence-electron chi connectivity index (χ3n) is 6.35. The second-order valence-electron chi connectivity index (χ2n) is 10.0. The molecule has 2 aromatic heterocycles. The highest BCUT2D eigenvalue weighted by Gasteiger charge is 2.32. The Hall–Kier alpha value is -2.68. The Morgan fingerprint density at radius 2 is 1.87 bits per heavy atom. The van der Waals surface area contributed by atoms with Gasteiger partial charge in [0.25, 0.3) is 5.91 Å². The summed E-state index contributed by atoms with van der Waals surface area (Å²) in [5.41, 5.74) is 0.0424. The van der Waals surface area contributed by atoms with Crippen LogP contribution in [-0.4, -0.2) is 61.2 Å². The van der Waals surface area contributed by atoms with Crippen LogP contribution in [-0.2, 0) is 29.2 Å². The van der Waals surface area contributed by atoms with E-state index in [4.69, 9.17) is 0 Å². The molecule has 8 nitrogen and oxygen atoms in total. The summed E-state index contributed by atoms with van der Waals surface area (Å²) >= 11 is 0. The zero-order chi connectivity index (χ0) is 28.6. The number of hydrogen-bond donors (Lipinski definition) is 2. The predicted molar refractivity (Wildman–Crippen MR) is 150 cm³/mol. The molecule has 1 aliphatic heterocycles. The minimum atomic E-state index is -4.48. The van der Waals surface area contributed by atoms with Crippen molar-refractivity contribution in [2.24, 2.45) is 0 Å². The number of nitrogens with zero attached hydrogens (tertiary/aromatic N) is 3. The lowest BCUT2D eigenvalue weighted by Gasteiger charge is -2.28. The first-order valence-corrected chi connectivity index (χ1v) is 18.0. The smallest absolute Gasteiger partial charge is 0.416 e. The Bertz CT molecular complexity index is 1560. The number of amides is 1. The number of aryl methyl sites for hydroxylation is 1. The van der Waals surface area contributed by atoms with Gasteiger partial charge in [-0.3, -0.25) is 14.1 Å². The second-order valence-corrected chi connectivity index (χ2v) is 19.5. The van der Waals surface area contributed by atoms with Crippen molar-refractivity contribution < 1.29 is 31.5 Å². The first-order valence-electron chi connectivity index (χ1n) is 12.2. The number of carbonyl (C=O) groups excluding carboxylic acids is 1. The van der Waals surface area contributed by atoms with Gasteiger partial charge in [0.2, 0.25) is 10.0 Å². The van der Waals surface area contributed by atoms with E-state index in [1.54, 1.807) is 12.3 Å². The number of aromatic nitrogens is 2. The number of fused-ring (bicyclic) bond motifs is 1. The van der Waals surface area contributed by atoms with Crippen LogP contribution in [0.2, 0.25) is 0 Å². The van der Waals surface area contributed by atoms with Crippen LogP contribution in [0, 0.1) is 0 Å². The van der Waals surface area contributed by atoms with Gasteiger partial charge < -0.3 is 10.4 Å². The number of carbonyl (C=O) groups is 1. The standard InChI is InChI=1S/C25H29F3N4O4P2S/c1-38(2,37)11-9-17-13-19-20(29-15-17)22(33)21(31-23(19)32-10-3-4-12-39(32,35)36)24(34)30-14-16-5-7-18(8-6-16)25(26,27)28/h5-8,13,15,33,37H,3-4,9-12,14H2,1-2H3,(H,30,34). The molecule has 4 rings (SSSR count). The van der Waals surface area contributed by atoms with Gasteiger partial charge in [-0.05, 0) is 68.1 Å². The highest BCUT2D eigenvalue weighted by molar-refractivity contribution is 7.98. The Morgan fingerprint density at radius 1 is 1.18 bits per heavy atom. The van der Waals surface area contributed by atoms with Crippen molar-refractivity contribution in [3.8, 4) is 5.75 Å². The second kappa shape index (κ2) is 11.1. The molecule has 2 N–H and O–H groups in total. The minimum absolute atomic E-state index is 0.0176. The number of pyridine rings is 2. The highest BCUT2D eigenvalue weighted by atomic mass is 32.2. The molecule has 1 saturated heterocycles. The molecule has 1 aliphatic rings. The van der Waals surface area contributed by atoms with Gasteiger partial charge in [0, 0.05) is 24.7 Å². The molecule has 3 heterocycles. The van der Waals surface area contributed by atoms with Crippen molar-refractivity contribution in [1.82, 2.24) is 15.3 Å². The lowest BCUT2D eigenvalue weighted by Crippen LogP contribution is -2.39. The van der Waals surface area contributed by atoms with Crippen LogP contribution < -0.4 is 9.62 Å². The fourth-order valence-corrected chi connectivity index (χ4v) is 6.95. The van der Waals surface area contributed by atoms with Gasteiger partial charge in [-0.1, -0.05) is 18.7 Å². The number of alkyl halides is 3. The van der Waals surface area contributed by atoms with Crippen molar-refractivity contribution in [2.75, 3.05) is 36.1 Å². The van der Waals surface area contributed by atoms with Gasteiger partial charge in [0.15, 0.2) is 17.3 Å². The van der Waals surface area contributed by atoms with Gasteiger partial charge in [0.05, 0.1) is 11.3 Å². The van der Waals surface area contributed by atoms with Gasteiger partial charge >= 0.3 is 6.18 Å². The number of nitrogens with one attached hydrogen (secondary N) is 1. The molecular weight excluding hydrogens is 571 g/mol. The average Bonchev–Trinajstić information content (AvgIpc) is 2.86. The molecule has 14 heteroatoms. The van der Waals surface area contributed by atoms with Crippen LogP contribution in [0.3, 0.4) is 0 Å².